The number of hydrogen-bond donors (Lipinski definition) is 0. The first-order valence-corrected chi connectivity index (χ1v) is 10.8. The number of methoxy groups -OCH3 is 1. The largest absolute Gasteiger partial charge is 0.467 e. The van der Waals surface area contributed by atoms with Gasteiger partial charge in [0.15, 0.2) is 0 Å². The zero-order valence-corrected chi connectivity index (χ0v) is 18.7. The van der Waals surface area contributed by atoms with Crippen LogP contribution < -0.4 is 11.2 Å². The van der Waals surface area contributed by atoms with Gasteiger partial charge in [0.05, 0.1) is 35.0 Å². The van der Waals surface area contributed by atoms with E-state index >= 15 is 0 Å². The van der Waals surface area contributed by atoms with Crippen molar-refractivity contribution in [2.24, 2.45) is 0 Å². The van der Waals surface area contributed by atoms with E-state index in [1.807, 2.05) is 13.8 Å². The second kappa shape index (κ2) is 8.11. The minimum Gasteiger partial charge on any atom is -0.467 e. The molecule has 0 bridgehead atoms. The Morgan fingerprint density at radius 1 is 1.19 bits per heavy atom. The number of benzene rings is 2. The molecule has 0 amide bonds. The molecule has 0 aliphatic heterocycles. The lowest BCUT2D eigenvalue weighted by Crippen LogP contribution is -2.44. The monoisotopic (exact) mass is 437 g/mol. The third-order valence-electron chi connectivity index (χ3n) is 5.55. The van der Waals surface area contributed by atoms with Crippen LogP contribution in [0.4, 0.5) is 0 Å². The highest BCUT2D eigenvalue weighted by molar-refractivity contribution is 7.13. The fourth-order valence-corrected chi connectivity index (χ4v) is 5.10. The van der Waals surface area contributed by atoms with Crippen molar-refractivity contribution in [1.29, 1.82) is 0 Å². The van der Waals surface area contributed by atoms with Crippen LogP contribution in [0.2, 0.25) is 0 Å². The number of aryl methyl sites for hydroxylation is 2. The summed E-state index contributed by atoms with van der Waals surface area (Å²) in [5.41, 5.74) is 2.47. The van der Waals surface area contributed by atoms with Crippen LogP contribution in [0.3, 0.4) is 0 Å². The molecule has 8 heteroatoms. The van der Waals surface area contributed by atoms with Crippen molar-refractivity contribution >= 4 is 38.5 Å². The molecule has 1 atom stereocenters. The van der Waals surface area contributed by atoms with E-state index in [1.165, 1.54) is 23.2 Å². The topological polar surface area (TPSA) is 83.2 Å². The Morgan fingerprint density at radius 2 is 1.94 bits per heavy atom. The van der Waals surface area contributed by atoms with Gasteiger partial charge < -0.3 is 4.74 Å². The summed E-state index contributed by atoms with van der Waals surface area (Å²) in [5, 5.41) is 1.39. The summed E-state index contributed by atoms with van der Waals surface area (Å²) >= 11 is 1.39. The van der Waals surface area contributed by atoms with Crippen molar-refractivity contribution in [3.8, 4) is 0 Å². The average Bonchev–Trinajstić information content (AvgIpc) is 3.16. The van der Waals surface area contributed by atoms with Crippen molar-refractivity contribution < 1.29 is 9.53 Å². The smallest absolute Gasteiger partial charge is 0.332 e. The quantitative estimate of drug-likeness (QED) is 0.446. The molecular formula is C23H23N3O4S. The molecule has 2 heterocycles. The average molecular weight is 438 g/mol. The molecule has 7 nitrogen and oxygen atoms in total. The summed E-state index contributed by atoms with van der Waals surface area (Å²) in [7, 11) is 1.25. The van der Waals surface area contributed by atoms with E-state index in [9.17, 15) is 14.4 Å². The summed E-state index contributed by atoms with van der Waals surface area (Å²) in [6, 6.07) is 10.1. The Hall–Kier alpha value is -3.26. The summed E-state index contributed by atoms with van der Waals surface area (Å²) in [6.07, 6.45) is 0.262. The van der Waals surface area contributed by atoms with E-state index in [0.29, 0.717) is 10.9 Å². The molecule has 0 N–H and O–H groups in total. The van der Waals surface area contributed by atoms with Crippen LogP contribution >= 0.6 is 11.5 Å². The van der Waals surface area contributed by atoms with Crippen LogP contribution in [-0.2, 0) is 16.1 Å². The van der Waals surface area contributed by atoms with Crippen LogP contribution in [0, 0.1) is 13.8 Å². The SMILES string of the molecule is CC[C@@H](C(=O)OC)n1c(=O)c2ccccc2n(Cc2nsc3cc(C)cc(C)c23)c1=O. The first-order valence-electron chi connectivity index (χ1n) is 10.0. The fourth-order valence-electron chi connectivity index (χ4n) is 4.14. The van der Waals surface area contributed by atoms with Crippen molar-refractivity contribution in [3.63, 3.8) is 0 Å². The highest BCUT2D eigenvalue weighted by atomic mass is 32.1. The molecule has 0 saturated carbocycles. The second-order valence-electron chi connectivity index (χ2n) is 7.59. The van der Waals surface area contributed by atoms with E-state index in [-0.39, 0.29) is 13.0 Å². The molecule has 0 radical (unpaired) electrons. The van der Waals surface area contributed by atoms with Crippen molar-refractivity contribution in [3.05, 3.63) is 74.1 Å². The number of ether oxygens (including phenoxy) is 1. The van der Waals surface area contributed by atoms with Crippen LogP contribution in [0.15, 0.2) is 46.0 Å². The van der Waals surface area contributed by atoms with Gasteiger partial charge in [0.2, 0.25) is 0 Å². The lowest BCUT2D eigenvalue weighted by atomic mass is 10.1. The lowest BCUT2D eigenvalue weighted by Gasteiger charge is -2.18. The molecule has 0 aliphatic rings. The number of fused-ring (bicyclic) bond motifs is 2. The van der Waals surface area contributed by atoms with Crippen molar-refractivity contribution in [1.82, 2.24) is 13.5 Å². The second-order valence-corrected chi connectivity index (χ2v) is 8.40. The van der Waals surface area contributed by atoms with Gasteiger partial charge in [-0.25, -0.2) is 14.2 Å². The molecule has 0 saturated heterocycles. The van der Waals surface area contributed by atoms with Crippen LogP contribution in [0.5, 0.6) is 0 Å². The molecule has 4 aromatic rings. The Balaban J connectivity index is 2.00. The van der Waals surface area contributed by atoms with Gasteiger partial charge in [0, 0.05) is 5.39 Å². The molecule has 2 aromatic carbocycles. The van der Waals surface area contributed by atoms with Gasteiger partial charge in [0.25, 0.3) is 5.56 Å². The molecule has 0 aliphatic carbocycles. The van der Waals surface area contributed by atoms with Gasteiger partial charge in [0.1, 0.15) is 6.04 Å². The van der Waals surface area contributed by atoms with E-state index in [0.717, 1.165) is 31.5 Å². The van der Waals surface area contributed by atoms with E-state index in [2.05, 4.69) is 16.5 Å². The predicted molar refractivity (Wildman–Crippen MR) is 122 cm³/mol. The van der Waals surface area contributed by atoms with Crippen molar-refractivity contribution in [2.75, 3.05) is 7.11 Å². The Morgan fingerprint density at radius 3 is 2.65 bits per heavy atom. The molecule has 160 valence electrons. The third kappa shape index (κ3) is 3.46. The van der Waals surface area contributed by atoms with Gasteiger partial charge in [-0.15, -0.1) is 0 Å². The first kappa shape index (κ1) is 21.0. The Bertz CT molecular complexity index is 1430. The lowest BCUT2D eigenvalue weighted by molar-refractivity contribution is -0.144. The number of carbonyl (C=O) groups excluding carboxylic acids is 1. The maximum Gasteiger partial charge on any atom is 0.332 e. The number of rotatable bonds is 5. The van der Waals surface area contributed by atoms with Gasteiger partial charge in [-0.3, -0.25) is 9.36 Å². The number of esters is 1. The number of carbonyl (C=O) groups is 1. The summed E-state index contributed by atoms with van der Waals surface area (Å²) in [4.78, 5) is 39.0. The summed E-state index contributed by atoms with van der Waals surface area (Å²) in [5.74, 6) is -0.617. The maximum atomic E-state index is 13.5. The summed E-state index contributed by atoms with van der Waals surface area (Å²) in [6.45, 7) is 6.00. The third-order valence-corrected chi connectivity index (χ3v) is 6.38. The molecule has 0 spiro atoms. The first-order chi connectivity index (χ1) is 14.9. The standard InChI is InChI=1S/C23H23N3O4S/c1-5-17(22(28)30-4)26-21(27)15-8-6-7-9-18(15)25(23(26)29)12-16-20-14(3)10-13(2)11-19(20)31-24-16/h6-11,17H,5,12H2,1-4H3/t17-/m0/s1. The van der Waals surface area contributed by atoms with Crippen molar-refractivity contribution in [2.45, 2.75) is 39.8 Å². The molecular weight excluding hydrogens is 414 g/mol. The van der Waals surface area contributed by atoms with E-state index < -0.39 is 23.3 Å². The highest BCUT2D eigenvalue weighted by Gasteiger charge is 2.26. The minimum atomic E-state index is -0.989. The predicted octanol–water partition coefficient (Wildman–Crippen LogP) is 3.56. The Labute approximate surface area is 182 Å². The van der Waals surface area contributed by atoms with Crippen LogP contribution in [-0.4, -0.2) is 26.6 Å². The normalized spacial score (nSPS) is 12.4. The van der Waals surface area contributed by atoms with Gasteiger partial charge >= 0.3 is 11.7 Å². The number of para-hydroxylation sites is 1. The summed E-state index contributed by atoms with van der Waals surface area (Å²) < 4.78 is 13.1. The molecule has 0 fully saturated rings. The minimum absolute atomic E-state index is 0.196. The van der Waals surface area contributed by atoms with Gasteiger partial charge in [-0.2, -0.15) is 4.37 Å². The van der Waals surface area contributed by atoms with Gasteiger partial charge in [-0.05, 0) is 61.1 Å². The molecule has 0 unspecified atom stereocenters. The zero-order chi connectivity index (χ0) is 22.3. The highest BCUT2D eigenvalue weighted by Crippen LogP contribution is 2.28. The van der Waals surface area contributed by atoms with E-state index in [4.69, 9.17) is 4.74 Å². The zero-order valence-electron chi connectivity index (χ0n) is 17.8. The number of nitrogens with zero attached hydrogens (tertiary/aromatic N) is 3. The number of hydrogen-bond acceptors (Lipinski definition) is 6. The maximum absolute atomic E-state index is 13.5. The van der Waals surface area contributed by atoms with Gasteiger partial charge in [-0.1, -0.05) is 25.1 Å². The van der Waals surface area contributed by atoms with E-state index in [1.54, 1.807) is 31.2 Å². The molecule has 4 rings (SSSR count). The van der Waals surface area contributed by atoms with Crippen LogP contribution in [0.1, 0.15) is 36.2 Å². The molecule has 31 heavy (non-hydrogen) atoms. The number of aromatic nitrogens is 3. The Kier molecular flexibility index (Phi) is 5.49. The van der Waals surface area contributed by atoms with Crippen LogP contribution in [0.25, 0.3) is 21.0 Å². The molecule has 2 aromatic heterocycles. The fraction of sp³-hybridized carbons (Fsp3) is 0.304.